The van der Waals surface area contributed by atoms with Crippen LogP contribution in [0.25, 0.3) is 0 Å². The van der Waals surface area contributed by atoms with Crippen molar-refractivity contribution in [2.24, 2.45) is 5.41 Å². The van der Waals surface area contributed by atoms with Crippen LogP contribution < -0.4 is 5.32 Å². The highest BCUT2D eigenvalue weighted by Gasteiger charge is 2.42. The molecule has 2 rings (SSSR count). The number of halogens is 2. The van der Waals surface area contributed by atoms with Crippen LogP contribution in [0.15, 0.2) is 27.1 Å². The van der Waals surface area contributed by atoms with Crippen LogP contribution in [0, 0.1) is 5.41 Å². The van der Waals surface area contributed by atoms with E-state index in [1.165, 1.54) is 0 Å². The number of carbonyl (C=O) groups excluding carboxylic acids is 1. The Labute approximate surface area is 123 Å². The van der Waals surface area contributed by atoms with Gasteiger partial charge in [0.15, 0.2) is 0 Å². The standard InChI is InChI=1S/C12H13Br2NOS/c13-8-1-2-9(14)10(5-8)15-11(16)6-12(7-17)3-4-12/h1-2,5,17H,3-4,6-7H2,(H,15,16). The average molecular weight is 379 g/mol. The van der Waals surface area contributed by atoms with Gasteiger partial charge in [-0.3, -0.25) is 4.79 Å². The molecule has 1 aliphatic carbocycles. The van der Waals surface area contributed by atoms with Crippen LogP contribution in [0.5, 0.6) is 0 Å². The summed E-state index contributed by atoms with van der Waals surface area (Å²) < 4.78 is 1.84. The molecule has 0 spiro atoms. The summed E-state index contributed by atoms with van der Waals surface area (Å²) in [5, 5.41) is 2.93. The molecule has 0 unspecified atom stereocenters. The molecule has 0 heterocycles. The minimum Gasteiger partial charge on any atom is -0.325 e. The zero-order chi connectivity index (χ0) is 12.5. The number of anilines is 1. The van der Waals surface area contributed by atoms with Crippen molar-refractivity contribution >= 4 is 56.1 Å². The summed E-state index contributed by atoms with van der Waals surface area (Å²) in [5.41, 5.74) is 0.963. The molecule has 1 aliphatic rings. The number of hydrogen-bond acceptors (Lipinski definition) is 2. The quantitative estimate of drug-likeness (QED) is 0.753. The van der Waals surface area contributed by atoms with E-state index >= 15 is 0 Å². The van der Waals surface area contributed by atoms with Crippen LogP contribution in [0.1, 0.15) is 19.3 Å². The lowest BCUT2D eigenvalue weighted by Gasteiger charge is -2.12. The highest BCUT2D eigenvalue weighted by Crippen LogP contribution is 2.49. The number of nitrogens with one attached hydrogen (secondary N) is 1. The van der Waals surface area contributed by atoms with E-state index in [2.05, 4.69) is 49.8 Å². The first kappa shape index (κ1) is 13.4. The predicted molar refractivity (Wildman–Crippen MR) is 80.6 cm³/mol. The van der Waals surface area contributed by atoms with E-state index in [-0.39, 0.29) is 11.3 Å². The van der Waals surface area contributed by atoms with Gasteiger partial charge in [-0.2, -0.15) is 12.6 Å². The Morgan fingerprint density at radius 2 is 2.12 bits per heavy atom. The minimum atomic E-state index is 0.0651. The van der Waals surface area contributed by atoms with Gasteiger partial charge in [0.05, 0.1) is 5.69 Å². The molecule has 0 aromatic heterocycles. The molecule has 1 aromatic rings. The molecule has 1 saturated carbocycles. The van der Waals surface area contributed by atoms with Gasteiger partial charge in [-0.25, -0.2) is 0 Å². The lowest BCUT2D eigenvalue weighted by Crippen LogP contribution is -2.18. The first-order valence-electron chi connectivity index (χ1n) is 5.40. The first-order valence-corrected chi connectivity index (χ1v) is 7.62. The second-order valence-electron chi connectivity index (χ2n) is 4.51. The molecule has 0 saturated heterocycles. The molecule has 0 radical (unpaired) electrons. The molecule has 0 aliphatic heterocycles. The van der Waals surface area contributed by atoms with E-state index in [9.17, 15) is 4.79 Å². The number of benzene rings is 1. The summed E-state index contributed by atoms with van der Waals surface area (Å²) in [4.78, 5) is 11.9. The Bertz CT molecular complexity index is 446. The van der Waals surface area contributed by atoms with Gasteiger partial charge in [0.25, 0.3) is 0 Å². The van der Waals surface area contributed by atoms with Gasteiger partial charge in [-0.05, 0) is 58.1 Å². The van der Waals surface area contributed by atoms with Crippen LogP contribution >= 0.6 is 44.5 Å². The van der Waals surface area contributed by atoms with E-state index in [0.29, 0.717) is 6.42 Å². The van der Waals surface area contributed by atoms with E-state index in [4.69, 9.17) is 0 Å². The Balaban J connectivity index is 2.00. The van der Waals surface area contributed by atoms with Crippen LogP contribution in [0.2, 0.25) is 0 Å². The SMILES string of the molecule is O=C(CC1(CS)CC1)Nc1cc(Br)ccc1Br. The fraction of sp³-hybridized carbons (Fsp3) is 0.417. The Morgan fingerprint density at radius 3 is 2.71 bits per heavy atom. The summed E-state index contributed by atoms with van der Waals surface area (Å²) in [7, 11) is 0. The summed E-state index contributed by atoms with van der Waals surface area (Å²) in [6, 6.07) is 5.73. The normalized spacial score (nSPS) is 16.6. The van der Waals surface area contributed by atoms with Crippen molar-refractivity contribution in [3.8, 4) is 0 Å². The van der Waals surface area contributed by atoms with Crippen molar-refractivity contribution in [2.75, 3.05) is 11.1 Å². The molecule has 0 bridgehead atoms. The van der Waals surface area contributed by atoms with Crippen molar-refractivity contribution in [1.29, 1.82) is 0 Å². The average Bonchev–Trinajstić information content (AvgIpc) is 3.04. The number of carbonyl (C=O) groups is 1. The maximum absolute atomic E-state index is 11.9. The molecule has 1 fully saturated rings. The van der Waals surface area contributed by atoms with E-state index in [0.717, 1.165) is 33.2 Å². The summed E-state index contributed by atoms with van der Waals surface area (Å²) in [5.74, 6) is 0.857. The van der Waals surface area contributed by atoms with Crippen molar-refractivity contribution in [2.45, 2.75) is 19.3 Å². The van der Waals surface area contributed by atoms with E-state index < -0.39 is 0 Å². The van der Waals surface area contributed by atoms with Gasteiger partial charge in [0, 0.05) is 15.4 Å². The van der Waals surface area contributed by atoms with Gasteiger partial charge in [0.2, 0.25) is 5.91 Å². The van der Waals surface area contributed by atoms with E-state index in [1.807, 2.05) is 18.2 Å². The smallest absolute Gasteiger partial charge is 0.224 e. The number of rotatable bonds is 4. The van der Waals surface area contributed by atoms with Crippen molar-refractivity contribution in [1.82, 2.24) is 0 Å². The predicted octanol–water partition coefficient (Wildman–Crippen LogP) is 4.25. The summed E-state index contributed by atoms with van der Waals surface area (Å²) >= 11 is 11.1. The molecular formula is C12H13Br2NOS. The third-order valence-electron chi connectivity index (χ3n) is 3.03. The number of amides is 1. The molecular weight excluding hydrogens is 366 g/mol. The minimum absolute atomic E-state index is 0.0651. The zero-order valence-electron chi connectivity index (χ0n) is 9.17. The Kier molecular flexibility index (Phi) is 4.21. The van der Waals surface area contributed by atoms with Gasteiger partial charge in [-0.15, -0.1) is 0 Å². The van der Waals surface area contributed by atoms with Crippen LogP contribution in [-0.2, 0) is 4.79 Å². The summed E-state index contributed by atoms with van der Waals surface area (Å²) in [6.45, 7) is 0. The topological polar surface area (TPSA) is 29.1 Å². The second kappa shape index (κ2) is 5.33. The monoisotopic (exact) mass is 377 g/mol. The number of thiol groups is 1. The van der Waals surface area contributed by atoms with Gasteiger partial charge in [0.1, 0.15) is 0 Å². The molecule has 17 heavy (non-hydrogen) atoms. The zero-order valence-corrected chi connectivity index (χ0v) is 13.2. The fourth-order valence-electron chi connectivity index (χ4n) is 1.70. The number of hydrogen-bond donors (Lipinski definition) is 2. The van der Waals surface area contributed by atoms with Gasteiger partial charge >= 0.3 is 0 Å². The van der Waals surface area contributed by atoms with E-state index in [1.54, 1.807) is 0 Å². The second-order valence-corrected chi connectivity index (χ2v) is 6.59. The van der Waals surface area contributed by atoms with Crippen LogP contribution in [0.4, 0.5) is 5.69 Å². The van der Waals surface area contributed by atoms with Crippen molar-refractivity contribution in [3.63, 3.8) is 0 Å². The molecule has 5 heteroatoms. The molecule has 1 amide bonds. The molecule has 92 valence electrons. The summed E-state index contributed by atoms with van der Waals surface area (Å²) in [6.07, 6.45) is 2.79. The fourth-order valence-corrected chi connectivity index (χ4v) is 2.83. The van der Waals surface area contributed by atoms with Gasteiger partial charge < -0.3 is 5.32 Å². The lowest BCUT2D eigenvalue weighted by atomic mass is 10.1. The third kappa shape index (κ3) is 3.48. The maximum atomic E-state index is 11.9. The Hall–Kier alpha value is -0.000000000000000111. The first-order chi connectivity index (χ1) is 8.04. The Morgan fingerprint density at radius 1 is 1.41 bits per heavy atom. The highest BCUT2D eigenvalue weighted by molar-refractivity contribution is 9.11. The van der Waals surface area contributed by atoms with Crippen molar-refractivity contribution < 1.29 is 4.79 Å². The van der Waals surface area contributed by atoms with Crippen LogP contribution in [-0.4, -0.2) is 11.7 Å². The van der Waals surface area contributed by atoms with Crippen LogP contribution in [0.3, 0.4) is 0 Å². The lowest BCUT2D eigenvalue weighted by molar-refractivity contribution is -0.117. The van der Waals surface area contributed by atoms with Crippen molar-refractivity contribution in [3.05, 3.63) is 27.1 Å². The molecule has 1 aromatic carbocycles. The largest absolute Gasteiger partial charge is 0.325 e. The van der Waals surface area contributed by atoms with Gasteiger partial charge in [-0.1, -0.05) is 15.9 Å². The highest BCUT2D eigenvalue weighted by atomic mass is 79.9. The maximum Gasteiger partial charge on any atom is 0.224 e. The molecule has 0 atom stereocenters. The third-order valence-corrected chi connectivity index (χ3v) is 4.89. The molecule has 2 nitrogen and oxygen atoms in total. The molecule has 1 N–H and O–H groups in total.